The van der Waals surface area contributed by atoms with Crippen LogP contribution in [0.3, 0.4) is 0 Å². The molecule has 0 bridgehead atoms. The van der Waals surface area contributed by atoms with Gasteiger partial charge in [0.15, 0.2) is 0 Å². The summed E-state index contributed by atoms with van der Waals surface area (Å²) in [5.41, 5.74) is 4.97. The highest BCUT2D eigenvalue weighted by atomic mass is 16.1. The highest BCUT2D eigenvalue weighted by Gasteiger charge is 2.24. The smallest absolute Gasteiger partial charge is 0.207 e. The van der Waals surface area contributed by atoms with E-state index in [0.717, 1.165) is 31.2 Å². The fourth-order valence-electron chi connectivity index (χ4n) is 3.05. The normalized spacial score (nSPS) is 16.3. The summed E-state index contributed by atoms with van der Waals surface area (Å²) in [5.74, 6) is 0.162. The van der Waals surface area contributed by atoms with Gasteiger partial charge in [0.25, 0.3) is 0 Å². The summed E-state index contributed by atoms with van der Waals surface area (Å²) in [7, 11) is 2.17. The first-order chi connectivity index (χ1) is 12.6. The number of anilines is 1. The van der Waals surface area contributed by atoms with Crippen LogP contribution in [-0.2, 0) is 29.0 Å². The molecule has 0 aliphatic carbocycles. The summed E-state index contributed by atoms with van der Waals surface area (Å²) >= 11 is 0. The standard InChI is InChI=1S/C15H21NO.C4H6N4O/c1-11(10-17)7-8-13-5-4-6-14-9-12(2)16(3)15(13)14;9-3-5-1-4-2-6-8-7-4/h4-6,10-12H,7-9H2,1-3H3;2-3H,1H2,(H,5,9)(H,6,7,8). The molecule has 0 saturated heterocycles. The van der Waals surface area contributed by atoms with Gasteiger partial charge in [0, 0.05) is 24.7 Å². The van der Waals surface area contributed by atoms with Gasteiger partial charge in [-0.15, -0.1) is 0 Å². The Balaban J connectivity index is 0.000000228. The third-order valence-electron chi connectivity index (χ3n) is 4.67. The van der Waals surface area contributed by atoms with Crippen LogP contribution in [0.25, 0.3) is 0 Å². The summed E-state index contributed by atoms with van der Waals surface area (Å²) in [5, 5.41) is 12.1. The number of fused-ring (bicyclic) bond motifs is 1. The second-order valence-corrected chi connectivity index (χ2v) is 6.70. The van der Waals surface area contributed by atoms with Gasteiger partial charge in [-0.2, -0.15) is 15.4 Å². The molecular formula is C19H27N5O2. The first-order valence-electron chi connectivity index (χ1n) is 8.87. The van der Waals surface area contributed by atoms with Crippen LogP contribution in [0.1, 0.15) is 37.1 Å². The first kappa shape index (κ1) is 19.6. The molecule has 1 aliphatic heterocycles. The number of nitrogens with one attached hydrogen (secondary N) is 2. The molecule has 1 aromatic heterocycles. The minimum Gasteiger partial charge on any atom is -0.371 e. The van der Waals surface area contributed by atoms with E-state index in [1.54, 1.807) is 6.20 Å². The molecule has 26 heavy (non-hydrogen) atoms. The number of aromatic amines is 1. The number of aldehydes is 1. The number of likely N-dealkylation sites (N-methyl/N-ethyl adjacent to an activating group) is 1. The van der Waals surface area contributed by atoms with Gasteiger partial charge in [-0.25, -0.2) is 0 Å². The highest BCUT2D eigenvalue weighted by molar-refractivity contribution is 5.64. The fourth-order valence-corrected chi connectivity index (χ4v) is 3.05. The second kappa shape index (κ2) is 9.70. The second-order valence-electron chi connectivity index (χ2n) is 6.70. The first-order valence-corrected chi connectivity index (χ1v) is 8.87. The van der Waals surface area contributed by atoms with E-state index in [1.165, 1.54) is 16.8 Å². The van der Waals surface area contributed by atoms with Crippen molar-refractivity contribution in [3.05, 3.63) is 41.2 Å². The number of hydrogen-bond acceptors (Lipinski definition) is 5. The van der Waals surface area contributed by atoms with E-state index in [2.05, 4.69) is 57.8 Å². The van der Waals surface area contributed by atoms with Gasteiger partial charge >= 0.3 is 0 Å². The number of carbonyl (C=O) groups is 2. The van der Waals surface area contributed by atoms with E-state index in [4.69, 9.17) is 0 Å². The number of aryl methyl sites for hydroxylation is 1. The van der Waals surface area contributed by atoms with Crippen LogP contribution >= 0.6 is 0 Å². The Morgan fingerprint density at radius 1 is 1.42 bits per heavy atom. The minimum atomic E-state index is 0.162. The van der Waals surface area contributed by atoms with E-state index in [0.29, 0.717) is 19.0 Å². The molecule has 2 aromatic rings. The van der Waals surface area contributed by atoms with Crippen molar-refractivity contribution in [2.75, 3.05) is 11.9 Å². The maximum Gasteiger partial charge on any atom is 0.207 e. The fraction of sp³-hybridized carbons (Fsp3) is 0.474. The predicted molar refractivity (Wildman–Crippen MR) is 101 cm³/mol. The van der Waals surface area contributed by atoms with Gasteiger partial charge in [-0.1, -0.05) is 25.1 Å². The zero-order valence-corrected chi connectivity index (χ0v) is 15.6. The molecule has 2 N–H and O–H groups in total. The van der Waals surface area contributed by atoms with Crippen molar-refractivity contribution < 1.29 is 9.59 Å². The Morgan fingerprint density at radius 2 is 2.23 bits per heavy atom. The molecule has 0 saturated carbocycles. The van der Waals surface area contributed by atoms with Crippen molar-refractivity contribution in [3.63, 3.8) is 0 Å². The molecule has 0 spiro atoms. The number of rotatable bonds is 7. The van der Waals surface area contributed by atoms with Crippen LogP contribution in [0, 0.1) is 5.92 Å². The van der Waals surface area contributed by atoms with Gasteiger partial charge in [0.2, 0.25) is 6.41 Å². The Morgan fingerprint density at radius 3 is 2.88 bits per heavy atom. The maximum atomic E-state index is 10.7. The lowest BCUT2D eigenvalue weighted by atomic mass is 9.99. The molecule has 2 heterocycles. The number of amides is 1. The number of nitrogens with zero attached hydrogens (tertiary/aromatic N) is 3. The molecule has 0 fully saturated rings. The molecular weight excluding hydrogens is 330 g/mol. The Hall–Kier alpha value is -2.70. The zero-order chi connectivity index (χ0) is 18.9. The molecule has 140 valence electrons. The van der Waals surface area contributed by atoms with Crippen LogP contribution in [0.2, 0.25) is 0 Å². The molecule has 3 rings (SSSR count). The Kier molecular flexibility index (Phi) is 7.32. The number of carbonyl (C=O) groups excluding carboxylic acids is 2. The van der Waals surface area contributed by atoms with Crippen LogP contribution < -0.4 is 10.2 Å². The van der Waals surface area contributed by atoms with E-state index in [1.807, 2.05) is 6.92 Å². The van der Waals surface area contributed by atoms with Gasteiger partial charge < -0.3 is 15.0 Å². The molecule has 1 aromatic carbocycles. The molecule has 7 nitrogen and oxygen atoms in total. The van der Waals surface area contributed by atoms with Crippen molar-refractivity contribution >= 4 is 18.4 Å². The summed E-state index contributed by atoms with van der Waals surface area (Å²) in [4.78, 5) is 22.8. The van der Waals surface area contributed by atoms with Gasteiger partial charge in [0.1, 0.15) is 12.0 Å². The number of H-pyrrole nitrogens is 1. The lowest BCUT2D eigenvalue weighted by Crippen LogP contribution is -2.24. The molecule has 1 aliphatic rings. The molecule has 7 heteroatoms. The quantitative estimate of drug-likeness (QED) is 0.739. The third kappa shape index (κ3) is 5.15. The van der Waals surface area contributed by atoms with Crippen molar-refractivity contribution in [2.24, 2.45) is 5.92 Å². The van der Waals surface area contributed by atoms with E-state index >= 15 is 0 Å². The van der Waals surface area contributed by atoms with E-state index < -0.39 is 0 Å². The SMILES string of the molecule is CC(C=O)CCc1cccc2c1N(C)C(C)C2.O=CNCc1cn[nH]n1. The van der Waals surface area contributed by atoms with Crippen molar-refractivity contribution in [3.8, 4) is 0 Å². The Labute approximate surface area is 154 Å². The highest BCUT2D eigenvalue weighted by Crippen LogP contribution is 2.34. The topological polar surface area (TPSA) is 91.0 Å². The number of benzene rings is 1. The zero-order valence-electron chi connectivity index (χ0n) is 15.6. The Bertz CT molecular complexity index is 702. The number of para-hydroxylation sites is 1. The summed E-state index contributed by atoms with van der Waals surface area (Å²) < 4.78 is 0. The number of aromatic nitrogens is 3. The summed E-state index contributed by atoms with van der Waals surface area (Å²) in [6.45, 7) is 4.68. The van der Waals surface area contributed by atoms with Crippen LogP contribution in [0.4, 0.5) is 5.69 Å². The van der Waals surface area contributed by atoms with Gasteiger partial charge in [-0.05, 0) is 37.3 Å². The van der Waals surface area contributed by atoms with E-state index in [-0.39, 0.29) is 5.92 Å². The molecule has 2 atom stereocenters. The summed E-state index contributed by atoms with van der Waals surface area (Å²) in [6.07, 6.45) is 6.31. The van der Waals surface area contributed by atoms with Crippen LogP contribution in [0.5, 0.6) is 0 Å². The monoisotopic (exact) mass is 357 g/mol. The lowest BCUT2D eigenvalue weighted by molar-refractivity contribution is -0.111. The van der Waals surface area contributed by atoms with Gasteiger partial charge in [0.05, 0.1) is 12.7 Å². The predicted octanol–water partition coefficient (Wildman–Crippen LogP) is 1.89. The third-order valence-corrected chi connectivity index (χ3v) is 4.67. The van der Waals surface area contributed by atoms with Crippen molar-refractivity contribution in [1.29, 1.82) is 0 Å². The summed E-state index contributed by atoms with van der Waals surface area (Å²) in [6, 6.07) is 7.16. The molecule has 2 unspecified atom stereocenters. The van der Waals surface area contributed by atoms with Crippen molar-refractivity contribution in [1.82, 2.24) is 20.7 Å². The van der Waals surface area contributed by atoms with Crippen LogP contribution in [0.15, 0.2) is 24.4 Å². The van der Waals surface area contributed by atoms with Crippen LogP contribution in [-0.4, -0.2) is 41.2 Å². The minimum absolute atomic E-state index is 0.162. The maximum absolute atomic E-state index is 10.7. The lowest BCUT2D eigenvalue weighted by Gasteiger charge is -2.21. The van der Waals surface area contributed by atoms with Crippen molar-refractivity contribution in [2.45, 2.75) is 45.7 Å². The number of hydrogen-bond donors (Lipinski definition) is 2. The average Bonchev–Trinajstić information content (AvgIpc) is 3.27. The van der Waals surface area contributed by atoms with E-state index in [9.17, 15) is 9.59 Å². The molecule has 0 radical (unpaired) electrons. The average molecular weight is 357 g/mol. The van der Waals surface area contributed by atoms with Gasteiger partial charge in [-0.3, -0.25) is 4.79 Å². The largest absolute Gasteiger partial charge is 0.371 e. The molecule has 1 amide bonds.